The number of rotatable bonds is 12. The molecule has 2 N–H and O–H groups in total. The number of amides is 1. The first-order valence-corrected chi connectivity index (χ1v) is 12.1. The number of allylic oxidation sites excluding steroid dienone is 2. The molecule has 202 valence electrons. The molecular formula is C28H30FNO8. The van der Waals surface area contributed by atoms with E-state index in [1.807, 2.05) is 6.08 Å². The van der Waals surface area contributed by atoms with Crippen molar-refractivity contribution in [3.8, 4) is 11.5 Å². The molecule has 2 aromatic carbocycles. The van der Waals surface area contributed by atoms with Gasteiger partial charge in [0.1, 0.15) is 23.7 Å². The van der Waals surface area contributed by atoms with E-state index in [0.717, 1.165) is 5.57 Å². The van der Waals surface area contributed by atoms with E-state index in [1.54, 1.807) is 13.8 Å². The Morgan fingerprint density at radius 1 is 1.11 bits per heavy atom. The number of carbonyl (C=O) groups excluding carboxylic acids is 3. The van der Waals surface area contributed by atoms with E-state index in [2.05, 4.69) is 5.32 Å². The number of methoxy groups -OCH3 is 1. The zero-order chi connectivity index (χ0) is 27.8. The fraction of sp³-hybridized carbons (Fsp3) is 0.357. The van der Waals surface area contributed by atoms with E-state index in [4.69, 9.17) is 19.3 Å². The van der Waals surface area contributed by atoms with Gasteiger partial charge in [-0.2, -0.15) is 0 Å². The second-order valence-corrected chi connectivity index (χ2v) is 8.93. The van der Waals surface area contributed by atoms with Crippen LogP contribution in [-0.4, -0.2) is 36.0 Å². The molecule has 0 unspecified atom stereocenters. The molecule has 0 aromatic heterocycles. The van der Waals surface area contributed by atoms with Crippen molar-refractivity contribution < 1.29 is 42.9 Å². The second-order valence-electron chi connectivity index (χ2n) is 8.93. The maximum atomic E-state index is 13.0. The lowest BCUT2D eigenvalue weighted by Crippen LogP contribution is -2.16. The van der Waals surface area contributed by atoms with Gasteiger partial charge in [-0.3, -0.25) is 14.4 Å². The van der Waals surface area contributed by atoms with Crippen LogP contribution in [0.25, 0.3) is 0 Å². The number of carboxylic acid groups (broad SMARTS) is 1. The number of esters is 2. The zero-order valence-corrected chi connectivity index (χ0v) is 21.5. The summed E-state index contributed by atoms with van der Waals surface area (Å²) >= 11 is 0. The maximum absolute atomic E-state index is 13.0. The molecular weight excluding hydrogens is 497 g/mol. The smallest absolute Gasteiger partial charge is 0.342 e. The predicted molar refractivity (Wildman–Crippen MR) is 136 cm³/mol. The molecule has 9 nitrogen and oxygen atoms in total. The first-order valence-electron chi connectivity index (χ1n) is 12.1. The average molecular weight is 528 g/mol. The first kappa shape index (κ1) is 28.4. The number of ether oxygens (including phenoxy) is 3. The lowest BCUT2D eigenvalue weighted by atomic mass is 9.94. The van der Waals surface area contributed by atoms with Crippen LogP contribution in [0.5, 0.6) is 11.5 Å². The van der Waals surface area contributed by atoms with Gasteiger partial charge < -0.3 is 24.6 Å². The fourth-order valence-corrected chi connectivity index (χ4v) is 4.12. The number of fused-ring (bicyclic) bond motifs is 1. The van der Waals surface area contributed by atoms with Crippen molar-refractivity contribution in [2.24, 2.45) is 0 Å². The van der Waals surface area contributed by atoms with E-state index in [9.17, 15) is 23.6 Å². The van der Waals surface area contributed by atoms with Crippen LogP contribution in [0, 0.1) is 12.7 Å². The van der Waals surface area contributed by atoms with Gasteiger partial charge in [-0.05, 0) is 62.9 Å². The Morgan fingerprint density at radius 3 is 2.47 bits per heavy atom. The Kier molecular flexibility index (Phi) is 9.59. The number of benzene rings is 2. The standard InChI is InChI=1S/C28H30FNO8/c1-16(8-14-23(32)33)7-13-20-26(36-3)17(2)21-15-37-28(35)25(21)27(20)38-24(34)6-4-5-22(31)30-19-11-9-18(29)10-12-19/h7,9-12H,4-6,8,13-15H2,1-3H3,(H,30,31)(H,32,33)/b16-7+. The van der Waals surface area contributed by atoms with Crippen LogP contribution in [-0.2, 0) is 32.1 Å². The van der Waals surface area contributed by atoms with E-state index >= 15 is 0 Å². The van der Waals surface area contributed by atoms with Gasteiger partial charge in [0.05, 0.1) is 7.11 Å². The molecule has 38 heavy (non-hydrogen) atoms. The summed E-state index contributed by atoms with van der Waals surface area (Å²) < 4.78 is 29.5. The van der Waals surface area contributed by atoms with Crippen molar-refractivity contribution in [1.29, 1.82) is 0 Å². The van der Waals surface area contributed by atoms with Crippen LogP contribution in [0.3, 0.4) is 0 Å². The van der Waals surface area contributed by atoms with Crippen molar-refractivity contribution >= 4 is 29.5 Å². The van der Waals surface area contributed by atoms with E-state index < -0.39 is 23.7 Å². The highest BCUT2D eigenvalue weighted by Gasteiger charge is 2.34. The number of hydrogen-bond donors (Lipinski definition) is 2. The Labute approximate surface area is 219 Å². The number of hydrogen-bond acceptors (Lipinski definition) is 7. The van der Waals surface area contributed by atoms with Gasteiger partial charge in [0.15, 0.2) is 5.75 Å². The molecule has 0 saturated heterocycles. The Hall–Kier alpha value is -4.21. The van der Waals surface area contributed by atoms with Crippen molar-refractivity contribution in [1.82, 2.24) is 0 Å². The Balaban J connectivity index is 1.75. The minimum atomic E-state index is -0.910. The second kappa shape index (κ2) is 12.8. The molecule has 10 heteroatoms. The number of cyclic esters (lactones) is 1. The highest BCUT2D eigenvalue weighted by molar-refractivity contribution is 5.99. The monoisotopic (exact) mass is 527 g/mol. The highest BCUT2D eigenvalue weighted by atomic mass is 19.1. The molecule has 0 radical (unpaired) electrons. The molecule has 0 spiro atoms. The molecule has 1 amide bonds. The molecule has 0 aliphatic carbocycles. The van der Waals surface area contributed by atoms with Crippen LogP contribution in [0.4, 0.5) is 10.1 Å². The summed E-state index contributed by atoms with van der Waals surface area (Å²) in [5, 5.41) is 11.6. The summed E-state index contributed by atoms with van der Waals surface area (Å²) in [5.74, 6) is -2.42. The molecule has 3 rings (SSSR count). The number of anilines is 1. The van der Waals surface area contributed by atoms with Crippen molar-refractivity contribution in [2.75, 3.05) is 12.4 Å². The third-order valence-corrected chi connectivity index (χ3v) is 6.14. The number of aliphatic carboxylic acids is 1. The lowest BCUT2D eigenvalue weighted by molar-refractivity contribution is -0.137. The van der Waals surface area contributed by atoms with Gasteiger partial charge in [0.2, 0.25) is 5.91 Å². The minimum absolute atomic E-state index is 0.0222. The quantitative estimate of drug-likeness (QED) is 0.227. The molecule has 1 heterocycles. The Morgan fingerprint density at radius 2 is 1.82 bits per heavy atom. The van der Waals surface area contributed by atoms with Crippen molar-refractivity contribution in [3.63, 3.8) is 0 Å². The van der Waals surface area contributed by atoms with Gasteiger partial charge in [0.25, 0.3) is 0 Å². The first-order chi connectivity index (χ1) is 18.1. The van der Waals surface area contributed by atoms with Crippen LogP contribution in [0.1, 0.15) is 66.1 Å². The molecule has 0 fully saturated rings. The van der Waals surface area contributed by atoms with Gasteiger partial charge in [-0.25, -0.2) is 9.18 Å². The van der Waals surface area contributed by atoms with Crippen LogP contribution < -0.4 is 14.8 Å². The summed E-state index contributed by atoms with van der Waals surface area (Å²) in [5.41, 5.74) is 3.16. The molecule has 0 saturated carbocycles. The average Bonchev–Trinajstić information content (AvgIpc) is 3.26. The summed E-state index contributed by atoms with van der Waals surface area (Å²) in [6.45, 7) is 3.61. The van der Waals surface area contributed by atoms with Gasteiger partial charge in [-0.1, -0.05) is 11.6 Å². The van der Waals surface area contributed by atoms with E-state index in [-0.39, 0.29) is 55.9 Å². The molecule has 0 bridgehead atoms. The fourth-order valence-electron chi connectivity index (χ4n) is 4.12. The predicted octanol–water partition coefficient (Wildman–Crippen LogP) is 4.88. The molecule has 2 aromatic rings. The highest BCUT2D eigenvalue weighted by Crippen LogP contribution is 2.43. The number of carboxylic acids is 1. The van der Waals surface area contributed by atoms with E-state index in [1.165, 1.54) is 31.4 Å². The maximum Gasteiger partial charge on any atom is 0.342 e. The lowest BCUT2D eigenvalue weighted by Gasteiger charge is -2.19. The minimum Gasteiger partial charge on any atom is -0.496 e. The number of nitrogens with one attached hydrogen (secondary N) is 1. The van der Waals surface area contributed by atoms with Crippen molar-refractivity contribution in [3.05, 3.63) is 64.0 Å². The number of halogens is 1. The van der Waals surface area contributed by atoms with Gasteiger partial charge >= 0.3 is 17.9 Å². The largest absolute Gasteiger partial charge is 0.496 e. The van der Waals surface area contributed by atoms with Crippen LogP contribution in [0.15, 0.2) is 35.9 Å². The van der Waals surface area contributed by atoms with E-state index in [0.29, 0.717) is 34.5 Å². The topological polar surface area (TPSA) is 128 Å². The SMILES string of the molecule is COc1c(C)c2c(c(OC(=O)CCCC(=O)Nc3ccc(F)cc3)c1C/C=C(\C)CCC(=O)O)C(=O)OC2. The third kappa shape index (κ3) is 7.18. The summed E-state index contributed by atoms with van der Waals surface area (Å²) in [4.78, 5) is 48.4. The van der Waals surface area contributed by atoms with Crippen molar-refractivity contribution in [2.45, 2.75) is 59.0 Å². The zero-order valence-electron chi connectivity index (χ0n) is 21.5. The Bertz CT molecular complexity index is 1270. The molecule has 1 aliphatic heterocycles. The summed E-state index contributed by atoms with van der Waals surface area (Å²) in [6, 6.07) is 5.33. The number of carbonyl (C=O) groups is 4. The van der Waals surface area contributed by atoms with Crippen LogP contribution in [0.2, 0.25) is 0 Å². The normalized spacial score (nSPS) is 12.5. The summed E-state index contributed by atoms with van der Waals surface area (Å²) in [6.07, 6.45) is 2.49. The van der Waals surface area contributed by atoms with Crippen LogP contribution >= 0.6 is 0 Å². The molecule has 1 aliphatic rings. The third-order valence-electron chi connectivity index (χ3n) is 6.14. The molecule has 0 atom stereocenters. The van der Waals surface area contributed by atoms with Gasteiger partial charge in [0, 0.05) is 36.1 Å². The summed E-state index contributed by atoms with van der Waals surface area (Å²) in [7, 11) is 1.47. The van der Waals surface area contributed by atoms with Gasteiger partial charge in [-0.15, -0.1) is 0 Å².